The van der Waals surface area contributed by atoms with Crippen molar-refractivity contribution in [3.05, 3.63) is 0 Å². The quantitative estimate of drug-likeness (QED) is 0.740. The lowest BCUT2D eigenvalue weighted by Crippen LogP contribution is -2.64. The summed E-state index contributed by atoms with van der Waals surface area (Å²) in [5.74, 6) is 0.755. The molecule has 1 rings (SSSR count). The second kappa shape index (κ2) is 7.94. The Hall–Kier alpha value is -0.120. The maximum atomic E-state index is 5.61. The minimum Gasteiger partial charge on any atom is -0.379 e. The van der Waals surface area contributed by atoms with Crippen LogP contribution in [0.15, 0.2) is 0 Å². The van der Waals surface area contributed by atoms with Gasteiger partial charge in [-0.1, -0.05) is 27.7 Å². The topological polar surface area (TPSA) is 24.5 Å². The number of nitrogens with one attached hydrogen (secondary N) is 1. The molecule has 0 spiro atoms. The van der Waals surface area contributed by atoms with Gasteiger partial charge in [0.05, 0.1) is 5.60 Å². The van der Waals surface area contributed by atoms with Crippen molar-refractivity contribution in [1.82, 2.24) is 10.2 Å². The highest BCUT2D eigenvalue weighted by Crippen LogP contribution is 2.26. The van der Waals surface area contributed by atoms with Crippen LogP contribution in [0.4, 0.5) is 0 Å². The van der Waals surface area contributed by atoms with E-state index in [9.17, 15) is 0 Å². The fraction of sp³-hybridized carbons (Fsp3) is 1.00. The maximum Gasteiger partial charge on any atom is 0.0634 e. The van der Waals surface area contributed by atoms with Gasteiger partial charge >= 0.3 is 0 Å². The van der Waals surface area contributed by atoms with E-state index in [0.717, 1.165) is 25.4 Å². The van der Waals surface area contributed by atoms with Crippen LogP contribution in [0.5, 0.6) is 0 Å². The summed E-state index contributed by atoms with van der Waals surface area (Å²) in [6.45, 7) is 17.1. The molecule has 0 aromatic heterocycles. The Bertz CT molecular complexity index is 298. The molecule has 0 aromatic rings. The van der Waals surface area contributed by atoms with Gasteiger partial charge in [0.1, 0.15) is 0 Å². The Kier molecular flexibility index (Phi) is 7.15. The van der Waals surface area contributed by atoms with Crippen LogP contribution in [0.1, 0.15) is 67.2 Å². The van der Waals surface area contributed by atoms with Gasteiger partial charge in [0.25, 0.3) is 0 Å². The van der Waals surface area contributed by atoms with E-state index in [1.807, 2.05) is 7.11 Å². The average molecular weight is 299 g/mol. The van der Waals surface area contributed by atoms with Crippen molar-refractivity contribution in [1.29, 1.82) is 0 Å². The van der Waals surface area contributed by atoms with E-state index in [4.69, 9.17) is 4.74 Å². The lowest BCUT2D eigenvalue weighted by atomic mass is 9.86. The zero-order chi connectivity index (χ0) is 16.1. The lowest BCUT2D eigenvalue weighted by molar-refractivity contribution is -0.00883. The highest BCUT2D eigenvalue weighted by molar-refractivity contribution is 4.97. The first-order chi connectivity index (χ1) is 9.77. The van der Waals surface area contributed by atoms with E-state index in [-0.39, 0.29) is 5.60 Å². The zero-order valence-corrected chi connectivity index (χ0v) is 15.5. The second-order valence-corrected chi connectivity index (χ2v) is 7.84. The predicted molar refractivity (Wildman–Crippen MR) is 91.8 cm³/mol. The number of rotatable bonds is 8. The highest BCUT2D eigenvalue weighted by atomic mass is 16.5. The van der Waals surface area contributed by atoms with E-state index >= 15 is 0 Å². The summed E-state index contributed by atoms with van der Waals surface area (Å²) in [6, 6.07) is 0.670. The average Bonchev–Trinajstić information content (AvgIpc) is 2.46. The molecular weight excluding hydrogens is 260 g/mol. The standard InChI is InChI=1S/C18H38N2O/c1-8-18(9-2)14-20(11-10-17(5,6)21-7)16(13-19-18)12-15(3)4/h15-16,19H,8-14H2,1-7H3. The molecule has 1 atom stereocenters. The van der Waals surface area contributed by atoms with E-state index < -0.39 is 0 Å². The third kappa shape index (κ3) is 5.54. The Morgan fingerprint density at radius 3 is 2.38 bits per heavy atom. The van der Waals surface area contributed by atoms with Crippen LogP contribution in [-0.2, 0) is 4.74 Å². The van der Waals surface area contributed by atoms with Crippen molar-refractivity contribution in [2.45, 2.75) is 84.4 Å². The molecule has 0 aliphatic carbocycles. The number of hydrogen-bond donors (Lipinski definition) is 1. The predicted octanol–water partition coefficient (Wildman–Crippen LogP) is 3.68. The Balaban J connectivity index is 2.73. The molecule has 0 saturated carbocycles. The first-order valence-electron chi connectivity index (χ1n) is 8.81. The van der Waals surface area contributed by atoms with Crippen LogP contribution < -0.4 is 5.32 Å². The number of ether oxygens (including phenoxy) is 1. The van der Waals surface area contributed by atoms with E-state index in [2.05, 4.69) is 51.8 Å². The van der Waals surface area contributed by atoms with Gasteiger partial charge in [-0.3, -0.25) is 4.90 Å². The molecule has 3 heteroatoms. The van der Waals surface area contributed by atoms with Gasteiger partial charge in [-0.2, -0.15) is 0 Å². The number of methoxy groups -OCH3 is 1. The summed E-state index contributed by atoms with van der Waals surface area (Å²) in [5.41, 5.74) is 0.291. The highest BCUT2D eigenvalue weighted by Gasteiger charge is 2.37. The molecule has 126 valence electrons. The second-order valence-electron chi connectivity index (χ2n) is 7.84. The zero-order valence-electron chi connectivity index (χ0n) is 15.5. The van der Waals surface area contributed by atoms with Gasteiger partial charge in [-0.05, 0) is 45.4 Å². The van der Waals surface area contributed by atoms with Gasteiger partial charge in [-0.25, -0.2) is 0 Å². The van der Waals surface area contributed by atoms with Crippen LogP contribution in [0.2, 0.25) is 0 Å². The van der Waals surface area contributed by atoms with Crippen LogP contribution in [0.25, 0.3) is 0 Å². The summed E-state index contributed by atoms with van der Waals surface area (Å²) >= 11 is 0. The molecule has 1 aliphatic heterocycles. The molecule has 3 nitrogen and oxygen atoms in total. The molecular formula is C18H38N2O. The van der Waals surface area contributed by atoms with E-state index in [1.165, 1.54) is 25.8 Å². The molecule has 0 aromatic carbocycles. The van der Waals surface area contributed by atoms with Gasteiger partial charge in [0.2, 0.25) is 0 Å². The van der Waals surface area contributed by atoms with Crippen LogP contribution in [0, 0.1) is 5.92 Å². The minimum absolute atomic E-state index is 0.0195. The van der Waals surface area contributed by atoms with Crippen molar-refractivity contribution in [3.63, 3.8) is 0 Å². The molecule has 1 aliphatic rings. The van der Waals surface area contributed by atoms with Crippen LogP contribution in [0.3, 0.4) is 0 Å². The number of hydrogen-bond acceptors (Lipinski definition) is 3. The van der Waals surface area contributed by atoms with Gasteiger partial charge in [-0.15, -0.1) is 0 Å². The molecule has 0 bridgehead atoms. The molecule has 1 fully saturated rings. The normalized spacial score (nSPS) is 23.7. The maximum absolute atomic E-state index is 5.61. The minimum atomic E-state index is -0.0195. The third-order valence-corrected chi connectivity index (χ3v) is 5.39. The molecule has 0 radical (unpaired) electrons. The Morgan fingerprint density at radius 2 is 1.90 bits per heavy atom. The first kappa shape index (κ1) is 18.9. The summed E-state index contributed by atoms with van der Waals surface area (Å²) in [4.78, 5) is 2.73. The molecule has 1 heterocycles. The van der Waals surface area contributed by atoms with Crippen molar-refractivity contribution in [2.75, 3.05) is 26.7 Å². The SMILES string of the molecule is CCC1(CC)CN(CCC(C)(C)OC)C(CC(C)C)CN1. The smallest absolute Gasteiger partial charge is 0.0634 e. The number of nitrogens with zero attached hydrogens (tertiary/aromatic N) is 1. The largest absolute Gasteiger partial charge is 0.379 e. The lowest BCUT2D eigenvalue weighted by Gasteiger charge is -2.48. The van der Waals surface area contributed by atoms with Crippen molar-refractivity contribution < 1.29 is 4.74 Å². The monoisotopic (exact) mass is 298 g/mol. The van der Waals surface area contributed by atoms with Crippen molar-refractivity contribution in [3.8, 4) is 0 Å². The summed E-state index contributed by atoms with van der Waals surface area (Å²) < 4.78 is 5.61. The molecule has 21 heavy (non-hydrogen) atoms. The van der Waals surface area contributed by atoms with E-state index in [1.54, 1.807) is 0 Å². The number of piperazine rings is 1. The Labute approximate surface area is 132 Å². The fourth-order valence-corrected chi connectivity index (χ4v) is 3.31. The van der Waals surface area contributed by atoms with Crippen LogP contribution in [-0.4, -0.2) is 48.8 Å². The summed E-state index contributed by atoms with van der Waals surface area (Å²) in [7, 11) is 1.83. The third-order valence-electron chi connectivity index (χ3n) is 5.39. The van der Waals surface area contributed by atoms with Gasteiger partial charge in [0.15, 0.2) is 0 Å². The molecule has 1 N–H and O–H groups in total. The first-order valence-corrected chi connectivity index (χ1v) is 8.81. The van der Waals surface area contributed by atoms with Crippen molar-refractivity contribution >= 4 is 0 Å². The molecule has 1 saturated heterocycles. The van der Waals surface area contributed by atoms with Crippen LogP contribution >= 0.6 is 0 Å². The molecule has 1 unspecified atom stereocenters. The summed E-state index contributed by atoms with van der Waals surface area (Å²) in [5, 5.41) is 3.86. The van der Waals surface area contributed by atoms with Gasteiger partial charge in [0, 0.05) is 38.3 Å². The Morgan fingerprint density at radius 1 is 1.29 bits per heavy atom. The molecule has 0 amide bonds. The van der Waals surface area contributed by atoms with Gasteiger partial charge < -0.3 is 10.1 Å². The van der Waals surface area contributed by atoms with Crippen molar-refractivity contribution in [2.24, 2.45) is 5.92 Å². The summed E-state index contributed by atoms with van der Waals surface area (Å²) in [6.07, 6.45) is 4.80. The van der Waals surface area contributed by atoms with E-state index in [0.29, 0.717) is 11.6 Å². The fourth-order valence-electron chi connectivity index (χ4n) is 3.31.